The molecule has 3 N–H and O–H groups in total. The number of carbonyl (C=O) groups is 2. The highest BCUT2D eigenvalue weighted by molar-refractivity contribution is 5.76. The molecule has 6 nitrogen and oxygen atoms in total. The predicted molar refractivity (Wildman–Crippen MR) is 366 cm³/mol. The van der Waals surface area contributed by atoms with Crippen LogP contribution in [-0.4, -0.2) is 47.4 Å². The minimum atomic E-state index is -0.842. The van der Waals surface area contributed by atoms with E-state index in [0.717, 1.165) is 51.4 Å². The monoisotopic (exact) mass is 1160 g/mol. The number of allylic oxidation sites excluding steroid dienone is 7. The molecule has 0 heterocycles. The molecule has 1 amide bonds. The van der Waals surface area contributed by atoms with Crippen molar-refractivity contribution in [2.45, 2.75) is 418 Å². The zero-order valence-corrected chi connectivity index (χ0v) is 55.9. The Hall–Kier alpha value is -2.18. The Labute approximate surface area is 518 Å². The molecule has 0 rings (SSSR count). The number of unbranched alkanes of at least 4 members (excludes halogenated alkanes) is 53. The van der Waals surface area contributed by atoms with Crippen molar-refractivity contribution in [3.8, 4) is 0 Å². The number of rotatable bonds is 70. The summed E-state index contributed by atoms with van der Waals surface area (Å²) in [5.74, 6) is -0.0552. The normalized spacial score (nSPS) is 12.8. The van der Waals surface area contributed by atoms with E-state index < -0.39 is 12.1 Å². The lowest BCUT2D eigenvalue weighted by molar-refractivity contribution is -0.143. The topological polar surface area (TPSA) is 95.9 Å². The summed E-state index contributed by atoms with van der Waals surface area (Å²) in [7, 11) is 0. The van der Waals surface area contributed by atoms with Crippen LogP contribution < -0.4 is 5.32 Å². The molecule has 0 aliphatic carbocycles. The highest BCUT2D eigenvalue weighted by Gasteiger charge is 2.18. The fourth-order valence-electron chi connectivity index (χ4n) is 11.6. The van der Waals surface area contributed by atoms with Crippen molar-refractivity contribution in [1.82, 2.24) is 5.32 Å². The third-order valence-electron chi connectivity index (χ3n) is 17.3. The summed E-state index contributed by atoms with van der Waals surface area (Å²) >= 11 is 0. The van der Waals surface area contributed by atoms with E-state index in [1.165, 1.54) is 327 Å². The Morgan fingerprint density at radius 3 is 0.964 bits per heavy atom. The van der Waals surface area contributed by atoms with Crippen LogP contribution in [0.15, 0.2) is 48.6 Å². The van der Waals surface area contributed by atoms with Gasteiger partial charge in [-0.15, -0.1) is 0 Å². The Bertz CT molecular complexity index is 1390. The van der Waals surface area contributed by atoms with Gasteiger partial charge in [0.1, 0.15) is 0 Å². The zero-order valence-electron chi connectivity index (χ0n) is 55.9. The predicted octanol–water partition coefficient (Wildman–Crippen LogP) is 24.4. The van der Waals surface area contributed by atoms with Crippen molar-refractivity contribution in [1.29, 1.82) is 0 Å². The van der Waals surface area contributed by atoms with E-state index in [1.807, 2.05) is 6.08 Å². The summed E-state index contributed by atoms with van der Waals surface area (Å²) in [4.78, 5) is 24.5. The number of aliphatic hydroxyl groups excluding tert-OH is 2. The van der Waals surface area contributed by atoms with Crippen molar-refractivity contribution in [2.24, 2.45) is 0 Å². The first-order valence-electron chi connectivity index (χ1n) is 37.4. The van der Waals surface area contributed by atoms with Gasteiger partial charge in [0.25, 0.3) is 0 Å². The maximum Gasteiger partial charge on any atom is 0.305 e. The van der Waals surface area contributed by atoms with Crippen LogP contribution in [0, 0.1) is 0 Å². The molecule has 0 saturated heterocycles. The Balaban J connectivity index is 3.34. The van der Waals surface area contributed by atoms with Gasteiger partial charge in [-0.1, -0.05) is 358 Å². The van der Waals surface area contributed by atoms with Crippen molar-refractivity contribution in [3.05, 3.63) is 48.6 Å². The maximum absolute atomic E-state index is 12.5. The lowest BCUT2D eigenvalue weighted by Gasteiger charge is -2.20. The molecule has 0 spiro atoms. The fraction of sp³-hybridized carbons (Fsp3) is 0.870. The molecule has 0 aromatic heterocycles. The average molecular weight is 1170 g/mol. The standard InChI is InChI=1S/C77H145NO5/c1-3-5-7-9-11-13-15-17-42-45-49-53-57-61-65-69-75(80)74(73-79)78-76(81)70-66-62-58-54-50-46-43-40-38-36-34-32-30-28-26-24-22-20-19-21-23-25-27-29-31-33-35-37-39-41-44-48-52-56-60-64-68-72-83-77(82)71-67-63-59-55-51-47-18-16-14-12-10-8-6-4-2/h10,12,16,18-19,21,65,69,74-75,79-80H,3-9,11,13-15,17,20,22-64,66-68,70-73H2,1-2H3,(H,78,81)/b12-10-,18-16-,21-19-,69-65+. The smallest absolute Gasteiger partial charge is 0.305 e. The summed E-state index contributed by atoms with van der Waals surface area (Å²) in [6, 6.07) is -0.625. The lowest BCUT2D eigenvalue weighted by Crippen LogP contribution is -2.45. The second-order valence-electron chi connectivity index (χ2n) is 25.6. The molecule has 488 valence electrons. The number of esters is 1. The van der Waals surface area contributed by atoms with Crippen LogP contribution in [0.4, 0.5) is 0 Å². The van der Waals surface area contributed by atoms with Crippen molar-refractivity contribution < 1.29 is 24.5 Å². The fourth-order valence-corrected chi connectivity index (χ4v) is 11.6. The maximum atomic E-state index is 12.5. The van der Waals surface area contributed by atoms with Gasteiger partial charge in [0.05, 0.1) is 25.4 Å². The number of carbonyl (C=O) groups excluding carboxylic acids is 2. The first-order valence-corrected chi connectivity index (χ1v) is 37.4. The highest BCUT2D eigenvalue weighted by atomic mass is 16.5. The molecule has 0 aromatic carbocycles. The van der Waals surface area contributed by atoms with Gasteiger partial charge >= 0.3 is 5.97 Å². The molecular formula is C77H145NO5. The molecular weight excluding hydrogens is 1020 g/mol. The third kappa shape index (κ3) is 68.8. The minimum absolute atomic E-state index is 0.00667. The van der Waals surface area contributed by atoms with E-state index >= 15 is 0 Å². The molecule has 0 bridgehead atoms. The van der Waals surface area contributed by atoms with E-state index in [1.54, 1.807) is 6.08 Å². The summed E-state index contributed by atoms with van der Waals surface area (Å²) in [6.07, 6.45) is 95.1. The van der Waals surface area contributed by atoms with E-state index in [0.29, 0.717) is 19.4 Å². The summed E-state index contributed by atoms with van der Waals surface area (Å²) in [6.45, 7) is 4.89. The zero-order chi connectivity index (χ0) is 59.9. The molecule has 83 heavy (non-hydrogen) atoms. The number of hydrogen-bond donors (Lipinski definition) is 3. The Morgan fingerprint density at radius 2 is 0.614 bits per heavy atom. The summed E-state index contributed by atoms with van der Waals surface area (Å²) in [5.41, 5.74) is 0. The van der Waals surface area contributed by atoms with Crippen LogP contribution in [0.3, 0.4) is 0 Å². The molecule has 2 atom stereocenters. The summed E-state index contributed by atoms with van der Waals surface area (Å²) < 4.78 is 5.49. The highest BCUT2D eigenvalue weighted by Crippen LogP contribution is 2.19. The molecule has 0 aromatic rings. The molecule has 0 radical (unpaired) electrons. The first-order chi connectivity index (χ1) is 41.0. The SMILES string of the molecule is CCCC/C=C\C/C=C\CCCCCCCC(=O)OCCCCCCCCCCCCCCCCCC/C=C\CCCCCCCCCCCCCCCCCCCC(=O)NC(CO)C(O)/C=C/CCCCCCCCCCCCCCC. The van der Waals surface area contributed by atoms with E-state index in [9.17, 15) is 19.8 Å². The second kappa shape index (κ2) is 72.3. The number of nitrogens with one attached hydrogen (secondary N) is 1. The van der Waals surface area contributed by atoms with Crippen molar-refractivity contribution >= 4 is 11.9 Å². The van der Waals surface area contributed by atoms with E-state index in [4.69, 9.17) is 4.74 Å². The molecule has 6 heteroatoms. The van der Waals surface area contributed by atoms with E-state index in [2.05, 4.69) is 55.6 Å². The Morgan fingerprint density at radius 1 is 0.337 bits per heavy atom. The molecule has 0 fully saturated rings. The summed E-state index contributed by atoms with van der Waals surface area (Å²) in [5, 5.41) is 23.2. The van der Waals surface area contributed by atoms with Gasteiger partial charge in [-0.25, -0.2) is 0 Å². The van der Waals surface area contributed by atoms with Gasteiger partial charge in [0.2, 0.25) is 5.91 Å². The average Bonchev–Trinajstić information content (AvgIpc) is 3.49. The molecule has 2 unspecified atom stereocenters. The van der Waals surface area contributed by atoms with Crippen molar-refractivity contribution in [3.63, 3.8) is 0 Å². The molecule has 0 aliphatic rings. The van der Waals surface area contributed by atoms with Crippen LogP contribution in [0.2, 0.25) is 0 Å². The van der Waals surface area contributed by atoms with Gasteiger partial charge in [0, 0.05) is 12.8 Å². The number of hydrogen-bond acceptors (Lipinski definition) is 5. The van der Waals surface area contributed by atoms with Gasteiger partial charge in [-0.05, 0) is 83.5 Å². The van der Waals surface area contributed by atoms with Crippen LogP contribution in [0.25, 0.3) is 0 Å². The molecule has 0 saturated carbocycles. The number of amides is 1. The molecule has 0 aliphatic heterocycles. The largest absolute Gasteiger partial charge is 0.466 e. The van der Waals surface area contributed by atoms with Crippen LogP contribution in [0.1, 0.15) is 406 Å². The number of aliphatic hydroxyl groups is 2. The minimum Gasteiger partial charge on any atom is -0.466 e. The van der Waals surface area contributed by atoms with Crippen LogP contribution in [0.5, 0.6) is 0 Å². The lowest BCUT2D eigenvalue weighted by atomic mass is 10.0. The Kier molecular flexibility index (Phi) is 70.4. The first kappa shape index (κ1) is 80.8. The van der Waals surface area contributed by atoms with Gasteiger partial charge < -0.3 is 20.3 Å². The van der Waals surface area contributed by atoms with E-state index in [-0.39, 0.29) is 18.5 Å². The van der Waals surface area contributed by atoms with Crippen molar-refractivity contribution in [2.75, 3.05) is 13.2 Å². The third-order valence-corrected chi connectivity index (χ3v) is 17.3. The van der Waals surface area contributed by atoms with Crippen LogP contribution in [-0.2, 0) is 14.3 Å². The van der Waals surface area contributed by atoms with Crippen LogP contribution >= 0.6 is 0 Å². The second-order valence-corrected chi connectivity index (χ2v) is 25.6. The quantitative estimate of drug-likeness (QED) is 0.0320. The van der Waals surface area contributed by atoms with Gasteiger partial charge in [-0.3, -0.25) is 9.59 Å². The van der Waals surface area contributed by atoms with Gasteiger partial charge in [-0.2, -0.15) is 0 Å². The number of ether oxygens (including phenoxy) is 1. The van der Waals surface area contributed by atoms with Gasteiger partial charge in [0.15, 0.2) is 0 Å².